The molecule has 0 amide bonds. The molecule has 1 heterocycles. The molecule has 62 valence electrons. The Kier molecular flexibility index (Phi) is 3.02. The van der Waals surface area contributed by atoms with Crippen LogP contribution in [0.2, 0.25) is 0 Å². The number of nitrogens with zero attached hydrogens (tertiary/aromatic N) is 1. The molecule has 0 saturated carbocycles. The van der Waals surface area contributed by atoms with Gasteiger partial charge in [0.05, 0.1) is 17.3 Å². The summed E-state index contributed by atoms with van der Waals surface area (Å²) in [6.07, 6.45) is 1.59. The van der Waals surface area contributed by atoms with Crippen molar-refractivity contribution in [1.29, 1.82) is 0 Å². The van der Waals surface area contributed by atoms with Gasteiger partial charge in [-0.2, -0.15) is 0 Å². The van der Waals surface area contributed by atoms with Crippen LogP contribution in [-0.4, -0.2) is 16.2 Å². The highest BCUT2D eigenvalue weighted by Crippen LogP contribution is 2.14. The zero-order valence-electron chi connectivity index (χ0n) is 6.87. The summed E-state index contributed by atoms with van der Waals surface area (Å²) in [4.78, 5) is 5.43. The van der Waals surface area contributed by atoms with E-state index in [1.165, 1.54) is 4.88 Å². The maximum absolute atomic E-state index is 9.03. The molecule has 0 unspecified atom stereocenters. The van der Waals surface area contributed by atoms with Crippen LogP contribution < -0.4 is 0 Å². The van der Waals surface area contributed by atoms with Gasteiger partial charge in [-0.1, -0.05) is 0 Å². The van der Waals surface area contributed by atoms with Gasteiger partial charge >= 0.3 is 0 Å². The standard InChI is InChI=1S/C8H13NOS/c1-6(10)3-4-8-7(2)9-5-11-8/h5-6,10H,3-4H2,1-2H3/t6-/m1/s1. The predicted molar refractivity (Wildman–Crippen MR) is 46.9 cm³/mol. The molecule has 1 rings (SSSR count). The minimum atomic E-state index is -0.198. The molecule has 2 nitrogen and oxygen atoms in total. The fraction of sp³-hybridized carbons (Fsp3) is 0.625. The first kappa shape index (κ1) is 8.68. The average Bonchev–Trinajstić information content (AvgIpc) is 2.31. The highest BCUT2D eigenvalue weighted by Gasteiger charge is 2.02. The molecule has 3 heteroatoms. The number of hydrogen-bond acceptors (Lipinski definition) is 3. The van der Waals surface area contributed by atoms with Gasteiger partial charge in [-0.3, -0.25) is 0 Å². The Balaban J connectivity index is 2.44. The minimum Gasteiger partial charge on any atom is -0.393 e. The van der Waals surface area contributed by atoms with E-state index in [0.29, 0.717) is 0 Å². The predicted octanol–water partition coefficient (Wildman–Crippen LogP) is 1.76. The van der Waals surface area contributed by atoms with E-state index in [4.69, 9.17) is 5.11 Å². The number of aromatic nitrogens is 1. The molecule has 0 spiro atoms. The van der Waals surface area contributed by atoms with Crippen LogP contribution in [0.5, 0.6) is 0 Å². The smallest absolute Gasteiger partial charge is 0.0797 e. The summed E-state index contributed by atoms with van der Waals surface area (Å²) < 4.78 is 0. The van der Waals surface area contributed by atoms with Gasteiger partial charge in [0.2, 0.25) is 0 Å². The van der Waals surface area contributed by atoms with E-state index in [2.05, 4.69) is 4.98 Å². The molecule has 0 saturated heterocycles. The van der Waals surface area contributed by atoms with Crippen LogP contribution in [0.4, 0.5) is 0 Å². The van der Waals surface area contributed by atoms with Crippen molar-refractivity contribution in [3.05, 3.63) is 16.1 Å². The first-order chi connectivity index (χ1) is 5.20. The molecule has 11 heavy (non-hydrogen) atoms. The van der Waals surface area contributed by atoms with Crippen LogP contribution in [0.15, 0.2) is 5.51 Å². The maximum Gasteiger partial charge on any atom is 0.0797 e. The molecule has 1 aromatic rings. The van der Waals surface area contributed by atoms with Crippen molar-refractivity contribution in [2.75, 3.05) is 0 Å². The van der Waals surface area contributed by atoms with E-state index in [-0.39, 0.29) is 6.10 Å². The summed E-state index contributed by atoms with van der Waals surface area (Å²) >= 11 is 1.67. The molecule has 1 aromatic heterocycles. The third kappa shape index (κ3) is 2.60. The van der Waals surface area contributed by atoms with E-state index in [9.17, 15) is 0 Å². The Morgan fingerprint density at radius 1 is 1.73 bits per heavy atom. The van der Waals surface area contributed by atoms with Crippen LogP contribution in [-0.2, 0) is 6.42 Å². The van der Waals surface area contributed by atoms with Gasteiger partial charge in [0.1, 0.15) is 0 Å². The highest BCUT2D eigenvalue weighted by atomic mass is 32.1. The van der Waals surface area contributed by atoms with E-state index < -0.39 is 0 Å². The molecule has 0 aliphatic rings. The summed E-state index contributed by atoms with van der Waals surface area (Å²) in [5.74, 6) is 0. The topological polar surface area (TPSA) is 33.1 Å². The molecule has 0 aliphatic heterocycles. The summed E-state index contributed by atoms with van der Waals surface area (Å²) in [6, 6.07) is 0. The first-order valence-corrected chi connectivity index (χ1v) is 4.65. The lowest BCUT2D eigenvalue weighted by molar-refractivity contribution is 0.185. The van der Waals surface area contributed by atoms with Crippen molar-refractivity contribution in [3.8, 4) is 0 Å². The molecule has 0 aliphatic carbocycles. The van der Waals surface area contributed by atoms with Gasteiger partial charge < -0.3 is 5.11 Å². The van der Waals surface area contributed by atoms with E-state index in [0.717, 1.165) is 18.5 Å². The Hall–Kier alpha value is -0.410. The summed E-state index contributed by atoms with van der Waals surface area (Å²) in [5.41, 5.74) is 2.96. The second-order valence-electron chi connectivity index (χ2n) is 2.75. The Morgan fingerprint density at radius 3 is 2.91 bits per heavy atom. The zero-order valence-corrected chi connectivity index (χ0v) is 7.69. The SMILES string of the molecule is Cc1ncsc1CC[C@@H](C)O. The van der Waals surface area contributed by atoms with Crippen LogP contribution in [0.1, 0.15) is 23.9 Å². The van der Waals surface area contributed by atoms with E-state index in [1.54, 1.807) is 11.3 Å². The normalized spacial score (nSPS) is 13.4. The van der Waals surface area contributed by atoms with Gasteiger partial charge in [-0.15, -0.1) is 11.3 Å². The monoisotopic (exact) mass is 171 g/mol. The van der Waals surface area contributed by atoms with Gasteiger partial charge in [0.15, 0.2) is 0 Å². The molecule has 0 fully saturated rings. The van der Waals surface area contributed by atoms with Crippen LogP contribution in [0.3, 0.4) is 0 Å². The van der Waals surface area contributed by atoms with E-state index >= 15 is 0 Å². The van der Waals surface area contributed by atoms with Crippen molar-refractivity contribution in [2.45, 2.75) is 32.8 Å². The highest BCUT2D eigenvalue weighted by molar-refractivity contribution is 7.09. The lowest BCUT2D eigenvalue weighted by atomic mass is 10.2. The van der Waals surface area contributed by atoms with Crippen LogP contribution in [0.25, 0.3) is 0 Å². The molecular formula is C8H13NOS. The van der Waals surface area contributed by atoms with Crippen molar-refractivity contribution >= 4 is 11.3 Å². The van der Waals surface area contributed by atoms with Gasteiger partial charge in [-0.05, 0) is 26.7 Å². The number of aryl methyl sites for hydroxylation is 2. The molecule has 1 atom stereocenters. The van der Waals surface area contributed by atoms with Crippen LogP contribution in [0, 0.1) is 6.92 Å². The lowest BCUT2D eigenvalue weighted by Crippen LogP contribution is -2.00. The Labute approximate surface area is 70.9 Å². The first-order valence-electron chi connectivity index (χ1n) is 3.77. The molecule has 0 radical (unpaired) electrons. The van der Waals surface area contributed by atoms with Crippen molar-refractivity contribution < 1.29 is 5.11 Å². The molecule has 0 bridgehead atoms. The average molecular weight is 171 g/mol. The summed E-state index contributed by atoms with van der Waals surface area (Å²) in [5, 5.41) is 9.03. The number of hydrogen-bond donors (Lipinski definition) is 1. The second-order valence-corrected chi connectivity index (χ2v) is 3.69. The summed E-state index contributed by atoms with van der Waals surface area (Å²) in [6.45, 7) is 3.82. The quantitative estimate of drug-likeness (QED) is 0.751. The van der Waals surface area contributed by atoms with Crippen molar-refractivity contribution in [2.24, 2.45) is 0 Å². The molecule has 0 aromatic carbocycles. The fourth-order valence-corrected chi connectivity index (χ4v) is 1.70. The second kappa shape index (κ2) is 3.83. The van der Waals surface area contributed by atoms with E-state index in [1.807, 2.05) is 19.4 Å². The van der Waals surface area contributed by atoms with Crippen LogP contribution >= 0.6 is 11.3 Å². The zero-order chi connectivity index (χ0) is 8.27. The van der Waals surface area contributed by atoms with Gasteiger partial charge in [0.25, 0.3) is 0 Å². The fourth-order valence-electron chi connectivity index (χ4n) is 0.906. The minimum absolute atomic E-state index is 0.198. The molecular weight excluding hydrogens is 158 g/mol. The summed E-state index contributed by atoms with van der Waals surface area (Å²) in [7, 11) is 0. The van der Waals surface area contributed by atoms with Gasteiger partial charge in [-0.25, -0.2) is 4.98 Å². The van der Waals surface area contributed by atoms with Crippen molar-refractivity contribution in [1.82, 2.24) is 4.98 Å². The molecule has 1 N–H and O–H groups in total. The number of aliphatic hydroxyl groups is 1. The Morgan fingerprint density at radius 2 is 2.45 bits per heavy atom. The maximum atomic E-state index is 9.03. The largest absolute Gasteiger partial charge is 0.393 e. The third-order valence-corrected chi connectivity index (χ3v) is 2.63. The number of aliphatic hydroxyl groups excluding tert-OH is 1. The lowest BCUT2D eigenvalue weighted by Gasteiger charge is -2.01. The van der Waals surface area contributed by atoms with Gasteiger partial charge in [0, 0.05) is 4.88 Å². The number of thiazole rings is 1. The Bertz CT molecular complexity index is 220. The third-order valence-electron chi connectivity index (χ3n) is 1.63. The number of rotatable bonds is 3. The van der Waals surface area contributed by atoms with Crippen molar-refractivity contribution in [3.63, 3.8) is 0 Å².